The highest BCUT2D eigenvalue weighted by Crippen LogP contribution is 2.34. The minimum Gasteiger partial charge on any atom is -0.338 e. The Balaban J connectivity index is 2.82. The average Bonchev–Trinajstić information content (AvgIpc) is 2.94. The maximum atomic E-state index is 12.7. The molecule has 0 aromatic heterocycles. The normalized spacial score (nSPS) is 20.2. The lowest BCUT2D eigenvalue weighted by Gasteiger charge is -2.35. The van der Waals surface area contributed by atoms with Crippen molar-refractivity contribution in [2.45, 2.75) is 51.4 Å². The van der Waals surface area contributed by atoms with Gasteiger partial charge in [0, 0.05) is 12.6 Å². The summed E-state index contributed by atoms with van der Waals surface area (Å²) in [4.78, 5) is 13.1. The third-order valence-corrected chi connectivity index (χ3v) is 3.07. The molecule has 0 aliphatic heterocycles. The second-order valence-electron chi connectivity index (χ2n) is 5.19. The molecular formula is C11H19F3N2O. The Labute approximate surface area is 99.1 Å². The van der Waals surface area contributed by atoms with Crippen LogP contribution in [-0.4, -0.2) is 35.1 Å². The standard InChI is InChI=1S/C11H19F3N2O/c1-7(2)16(6-8-4-5-8)9(17)10(3,15)11(12,13)14/h7-8H,4-6,15H2,1-3H3. The summed E-state index contributed by atoms with van der Waals surface area (Å²) in [7, 11) is 0. The summed E-state index contributed by atoms with van der Waals surface area (Å²) in [5.41, 5.74) is 2.36. The summed E-state index contributed by atoms with van der Waals surface area (Å²) in [6.45, 7) is 4.51. The highest BCUT2D eigenvalue weighted by molar-refractivity contribution is 5.87. The number of halogens is 3. The topological polar surface area (TPSA) is 46.3 Å². The van der Waals surface area contributed by atoms with Crippen LogP contribution in [0.15, 0.2) is 0 Å². The number of hydrogen-bond acceptors (Lipinski definition) is 2. The molecule has 1 atom stereocenters. The molecule has 0 aromatic rings. The molecule has 2 N–H and O–H groups in total. The van der Waals surface area contributed by atoms with Gasteiger partial charge in [-0.05, 0) is 39.5 Å². The highest BCUT2D eigenvalue weighted by Gasteiger charge is 2.55. The number of carbonyl (C=O) groups excluding carboxylic acids is 1. The van der Waals surface area contributed by atoms with Crippen molar-refractivity contribution in [2.24, 2.45) is 11.7 Å². The first-order valence-electron chi connectivity index (χ1n) is 5.74. The number of amides is 1. The van der Waals surface area contributed by atoms with E-state index < -0.39 is 17.6 Å². The van der Waals surface area contributed by atoms with Crippen molar-refractivity contribution in [3.05, 3.63) is 0 Å². The van der Waals surface area contributed by atoms with E-state index in [4.69, 9.17) is 5.73 Å². The van der Waals surface area contributed by atoms with E-state index in [1.54, 1.807) is 13.8 Å². The van der Waals surface area contributed by atoms with Crippen molar-refractivity contribution in [1.82, 2.24) is 4.90 Å². The summed E-state index contributed by atoms with van der Waals surface area (Å²) in [5.74, 6) is -0.697. The molecule has 1 unspecified atom stereocenters. The molecule has 1 amide bonds. The lowest BCUT2D eigenvalue weighted by atomic mass is 10.00. The lowest BCUT2D eigenvalue weighted by Crippen LogP contribution is -2.63. The fourth-order valence-corrected chi connectivity index (χ4v) is 1.53. The number of nitrogens with two attached hydrogens (primary N) is 1. The maximum absolute atomic E-state index is 12.7. The number of alkyl halides is 3. The molecule has 17 heavy (non-hydrogen) atoms. The van der Waals surface area contributed by atoms with E-state index in [2.05, 4.69) is 0 Å². The second kappa shape index (κ2) is 4.48. The Bertz CT molecular complexity index is 296. The van der Waals surface area contributed by atoms with Crippen LogP contribution in [0.5, 0.6) is 0 Å². The summed E-state index contributed by atoms with van der Waals surface area (Å²) in [6.07, 6.45) is -2.77. The molecule has 0 heterocycles. The zero-order valence-electron chi connectivity index (χ0n) is 10.3. The van der Waals surface area contributed by atoms with Gasteiger partial charge in [0.05, 0.1) is 0 Å². The molecule has 0 saturated heterocycles. The molecule has 0 spiro atoms. The van der Waals surface area contributed by atoms with E-state index in [9.17, 15) is 18.0 Å². The van der Waals surface area contributed by atoms with Crippen LogP contribution < -0.4 is 5.73 Å². The van der Waals surface area contributed by atoms with Crippen molar-refractivity contribution in [3.8, 4) is 0 Å². The second-order valence-corrected chi connectivity index (χ2v) is 5.19. The van der Waals surface area contributed by atoms with Crippen LogP contribution in [0.25, 0.3) is 0 Å². The van der Waals surface area contributed by atoms with E-state index in [0.29, 0.717) is 12.5 Å². The predicted molar refractivity (Wildman–Crippen MR) is 58.2 cm³/mol. The fraction of sp³-hybridized carbons (Fsp3) is 0.909. The number of hydrogen-bond donors (Lipinski definition) is 1. The van der Waals surface area contributed by atoms with Gasteiger partial charge in [-0.15, -0.1) is 0 Å². The van der Waals surface area contributed by atoms with Gasteiger partial charge >= 0.3 is 6.18 Å². The first-order valence-corrected chi connectivity index (χ1v) is 5.74. The number of rotatable bonds is 4. The van der Waals surface area contributed by atoms with E-state index in [-0.39, 0.29) is 6.04 Å². The van der Waals surface area contributed by atoms with Gasteiger partial charge in [0.1, 0.15) is 0 Å². The number of carbonyl (C=O) groups is 1. The first-order chi connectivity index (χ1) is 7.57. The monoisotopic (exact) mass is 252 g/mol. The Kier molecular flexibility index (Phi) is 3.76. The first kappa shape index (κ1) is 14.3. The smallest absolute Gasteiger partial charge is 0.338 e. The van der Waals surface area contributed by atoms with Crippen LogP contribution in [0.3, 0.4) is 0 Å². The lowest BCUT2D eigenvalue weighted by molar-refractivity contribution is -0.194. The number of nitrogens with zero attached hydrogens (tertiary/aromatic N) is 1. The van der Waals surface area contributed by atoms with E-state index >= 15 is 0 Å². The molecule has 6 heteroatoms. The Hall–Kier alpha value is -0.780. The van der Waals surface area contributed by atoms with Crippen LogP contribution in [-0.2, 0) is 4.79 Å². The van der Waals surface area contributed by atoms with E-state index in [1.165, 1.54) is 4.90 Å². The summed E-state index contributed by atoms with van der Waals surface area (Å²) >= 11 is 0. The minimum absolute atomic E-state index is 0.270. The molecule has 3 nitrogen and oxygen atoms in total. The molecule has 1 fully saturated rings. The molecule has 1 aliphatic rings. The van der Waals surface area contributed by atoms with Gasteiger partial charge in [-0.1, -0.05) is 0 Å². The van der Waals surface area contributed by atoms with E-state index in [1.807, 2.05) is 0 Å². The summed E-state index contributed by atoms with van der Waals surface area (Å²) in [5, 5.41) is 0. The van der Waals surface area contributed by atoms with Crippen molar-refractivity contribution in [1.29, 1.82) is 0 Å². The molecule has 0 bridgehead atoms. The molecular weight excluding hydrogens is 233 g/mol. The molecule has 100 valence electrons. The Morgan fingerprint density at radius 1 is 1.41 bits per heavy atom. The van der Waals surface area contributed by atoms with E-state index in [0.717, 1.165) is 19.8 Å². The van der Waals surface area contributed by atoms with Gasteiger partial charge in [0.2, 0.25) is 0 Å². The average molecular weight is 252 g/mol. The minimum atomic E-state index is -4.72. The quantitative estimate of drug-likeness (QED) is 0.830. The highest BCUT2D eigenvalue weighted by atomic mass is 19.4. The SMILES string of the molecule is CC(C)N(CC1CC1)C(=O)C(C)(N)C(F)(F)F. The third-order valence-electron chi connectivity index (χ3n) is 3.07. The van der Waals surface area contributed by atoms with Gasteiger partial charge in [0.15, 0.2) is 5.54 Å². The van der Waals surface area contributed by atoms with Crippen molar-refractivity contribution < 1.29 is 18.0 Å². The largest absolute Gasteiger partial charge is 0.415 e. The van der Waals surface area contributed by atoms with Gasteiger partial charge in [0.25, 0.3) is 5.91 Å². The van der Waals surface area contributed by atoms with Crippen LogP contribution in [0, 0.1) is 5.92 Å². The van der Waals surface area contributed by atoms with Gasteiger partial charge < -0.3 is 10.6 Å². The molecule has 0 radical (unpaired) electrons. The molecule has 1 rings (SSSR count). The summed E-state index contributed by atoms with van der Waals surface area (Å²) in [6, 6.07) is -0.270. The zero-order chi connectivity index (χ0) is 13.4. The zero-order valence-corrected chi connectivity index (χ0v) is 10.3. The fourth-order valence-electron chi connectivity index (χ4n) is 1.53. The van der Waals surface area contributed by atoms with Crippen LogP contribution >= 0.6 is 0 Å². The maximum Gasteiger partial charge on any atom is 0.415 e. The summed E-state index contributed by atoms with van der Waals surface area (Å²) < 4.78 is 38.1. The third kappa shape index (κ3) is 3.12. The molecule has 1 aliphatic carbocycles. The van der Waals surface area contributed by atoms with Crippen LogP contribution in [0.2, 0.25) is 0 Å². The molecule has 1 saturated carbocycles. The van der Waals surface area contributed by atoms with Crippen molar-refractivity contribution in [2.75, 3.05) is 6.54 Å². The van der Waals surface area contributed by atoms with Crippen LogP contribution in [0.4, 0.5) is 13.2 Å². The van der Waals surface area contributed by atoms with Gasteiger partial charge in [-0.25, -0.2) is 0 Å². The Morgan fingerprint density at radius 3 is 2.18 bits per heavy atom. The van der Waals surface area contributed by atoms with Crippen molar-refractivity contribution >= 4 is 5.91 Å². The Morgan fingerprint density at radius 2 is 1.88 bits per heavy atom. The van der Waals surface area contributed by atoms with Gasteiger partial charge in [-0.3, -0.25) is 4.79 Å². The van der Waals surface area contributed by atoms with Crippen molar-refractivity contribution in [3.63, 3.8) is 0 Å². The molecule has 0 aromatic carbocycles. The van der Waals surface area contributed by atoms with Gasteiger partial charge in [-0.2, -0.15) is 13.2 Å². The predicted octanol–water partition coefficient (Wildman–Crippen LogP) is 1.91. The van der Waals surface area contributed by atoms with Crippen LogP contribution in [0.1, 0.15) is 33.6 Å².